The molecule has 1 heterocycles. The first-order valence-electron chi connectivity index (χ1n) is 6.40. The van der Waals surface area contributed by atoms with E-state index in [4.69, 9.17) is 14.6 Å². The van der Waals surface area contributed by atoms with Gasteiger partial charge in [-0.1, -0.05) is 6.07 Å². The first-order valence-corrected chi connectivity index (χ1v) is 6.40. The number of aryl methyl sites for hydroxylation is 1. The lowest BCUT2D eigenvalue weighted by molar-refractivity contribution is -0.138. The molecule has 1 spiro atoms. The summed E-state index contributed by atoms with van der Waals surface area (Å²) in [6, 6.07) is 5.89. The standard InChI is InChI=1S/C14H16O4/c15-13(16)4-1-3-10-5-6-11-12(9-10)18-14(17-11)7-2-8-14/h5-6,9H,1-4,7-8H2,(H,15,16). The lowest BCUT2D eigenvalue weighted by Gasteiger charge is -2.35. The summed E-state index contributed by atoms with van der Waals surface area (Å²) in [5, 5.41) is 8.61. The van der Waals surface area contributed by atoms with E-state index in [0.29, 0.717) is 6.42 Å². The summed E-state index contributed by atoms with van der Waals surface area (Å²) in [7, 11) is 0. The second-order valence-electron chi connectivity index (χ2n) is 5.00. The molecule has 1 saturated carbocycles. The van der Waals surface area contributed by atoms with Crippen molar-refractivity contribution in [1.29, 1.82) is 0 Å². The van der Waals surface area contributed by atoms with Crippen molar-refractivity contribution in [2.24, 2.45) is 0 Å². The average molecular weight is 248 g/mol. The third-order valence-electron chi connectivity index (χ3n) is 3.57. The number of hydrogen-bond acceptors (Lipinski definition) is 3. The molecule has 1 N–H and O–H groups in total. The van der Waals surface area contributed by atoms with Gasteiger partial charge in [0.25, 0.3) is 5.79 Å². The molecule has 0 atom stereocenters. The van der Waals surface area contributed by atoms with Gasteiger partial charge in [-0.3, -0.25) is 4.79 Å². The second-order valence-corrected chi connectivity index (χ2v) is 5.00. The Bertz CT molecular complexity index is 477. The fraction of sp³-hybridized carbons (Fsp3) is 0.500. The molecule has 4 heteroatoms. The van der Waals surface area contributed by atoms with Crippen LogP contribution >= 0.6 is 0 Å². The Balaban J connectivity index is 1.66. The molecule has 1 aliphatic carbocycles. The molecule has 0 amide bonds. The maximum absolute atomic E-state index is 10.5. The van der Waals surface area contributed by atoms with E-state index >= 15 is 0 Å². The van der Waals surface area contributed by atoms with Crippen LogP contribution in [0.4, 0.5) is 0 Å². The van der Waals surface area contributed by atoms with Crippen molar-refractivity contribution in [1.82, 2.24) is 0 Å². The summed E-state index contributed by atoms with van der Waals surface area (Å²) >= 11 is 0. The number of carbonyl (C=O) groups is 1. The van der Waals surface area contributed by atoms with E-state index < -0.39 is 5.97 Å². The molecule has 0 unspecified atom stereocenters. The largest absolute Gasteiger partial charge is 0.481 e. The first kappa shape index (κ1) is 11.4. The van der Waals surface area contributed by atoms with Gasteiger partial charge < -0.3 is 14.6 Å². The Morgan fingerprint density at radius 2 is 2.06 bits per heavy atom. The maximum Gasteiger partial charge on any atom is 0.303 e. The van der Waals surface area contributed by atoms with Gasteiger partial charge in [-0.15, -0.1) is 0 Å². The number of hydrogen-bond donors (Lipinski definition) is 1. The highest BCUT2D eigenvalue weighted by atomic mass is 16.7. The van der Waals surface area contributed by atoms with E-state index in [2.05, 4.69) is 0 Å². The van der Waals surface area contributed by atoms with Crippen LogP contribution in [0.2, 0.25) is 0 Å². The Morgan fingerprint density at radius 3 is 2.72 bits per heavy atom. The highest BCUT2D eigenvalue weighted by Gasteiger charge is 2.47. The minimum atomic E-state index is -0.746. The van der Waals surface area contributed by atoms with Gasteiger partial charge in [0, 0.05) is 19.3 Å². The summed E-state index contributed by atoms with van der Waals surface area (Å²) in [5.41, 5.74) is 1.11. The molecule has 2 aliphatic rings. The smallest absolute Gasteiger partial charge is 0.303 e. The van der Waals surface area contributed by atoms with Crippen molar-refractivity contribution in [3.63, 3.8) is 0 Å². The minimum Gasteiger partial charge on any atom is -0.481 e. The molecule has 0 saturated heterocycles. The maximum atomic E-state index is 10.5. The fourth-order valence-corrected chi connectivity index (χ4v) is 2.41. The summed E-state index contributed by atoms with van der Waals surface area (Å²) in [6.45, 7) is 0. The number of rotatable bonds is 4. The third kappa shape index (κ3) is 2.03. The predicted molar refractivity (Wildman–Crippen MR) is 64.9 cm³/mol. The van der Waals surface area contributed by atoms with Gasteiger partial charge in [-0.2, -0.15) is 0 Å². The second kappa shape index (κ2) is 4.19. The molecule has 0 aromatic heterocycles. The Kier molecular flexibility index (Phi) is 2.65. The van der Waals surface area contributed by atoms with Crippen LogP contribution in [-0.4, -0.2) is 16.9 Å². The van der Waals surface area contributed by atoms with Gasteiger partial charge in [-0.25, -0.2) is 0 Å². The van der Waals surface area contributed by atoms with Crippen molar-refractivity contribution in [3.8, 4) is 11.5 Å². The summed E-state index contributed by atoms with van der Waals surface area (Å²) in [5.74, 6) is 0.491. The summed E-state index contributed by atoms with van der Waals surface area (Å²) in [4.78, 5) is 10.5. The van der Waals surface area contributed by atoms with Crippen molar-refractivity contribution in [2.75, 3.05) is 0 Å². The number of benzene rings is 1. The molecule has 1 aromatic carbocycles. The van der Waals surface area contributed by atoms with Crippen molar-refractivity contribution in [3.05, 3.63) is 23.8 Å². The van der Waals surface area contributed by atoms with Crippen LogP contribution < -0.4 is 9.47 Å². The monoisotopic (exact) mass is 248 g/mol. The lowest BCUT2D eigenvalue weighted by Crippen LogP contribution is -2.45. The number of ether oxygens (including phenoxy) is 2. The van der Waals surface area contributed by atoms with Gasteiger partial charge in [0.15, 0.2) is 11.5 Å². The summed E-state index contributed by atoms with van der Waals surface area (Å²) in [6.07, 6.45) is 4.68. The topological polar surface area (TPSA) is 55.8 Å². The van der Waals surface area contributed by atoms with E-state index in [9.17, 15) is 4.79 Å². The molecular formula is C14H16O4. The van der Waals surface area contributed by atoms with Crippen LogP contribution in [0.25, 0.3) is 0 Å². The van der Waals surface area contributed by atoms with E-state index in [0.717, 1.165) is 42.7 Å². The van der Waals surface area contributed by atoms with Gasteiger partial charge >= 0.3 is 5.97 Å². The van der Waals surface area contributed by atoms with Gasteiger partial charge in [0.2, 0.25) is 0 Å². The van der Waals surface area contributed by atoms with E-state index in [-0.39, 0.29) is 12.2 Å². The minimum absolute atomic E-state index is 0.207. The molecule has 1 aromatic rings. The van der Waals surface area contributed by atoms with E-state index in [1.54, 1.807) is 0 Å². The quantitative estimate of drug-likeness (QED) is 0.890. The molecule has 1 aliphatic heterocycles. The SMILES string of the molecule is O=C(O)CCCc1ccc2c(c1)OC1(CCC1)O2. The Morgan fingerprint density at radius 1 is 1.28 bits per heavy atom. The molecule has 0 radical (unpaired) electrons. The fourth-order valence-electron chi connectivity index (χ4n) is 2.41. The number of carboxylic acids is 1. The van der Waals surface area contributed by atoms with Crippen LogP contribution in [0.5, 0.6) is 11.5 Å². The van der Waals surface area contributed by atoms with E-state index in [1.165, 1.54) is 0 Å². The molecule has 18 heavy (non-hydrogen) atoms. The number of carboxylic acid groups (broad SMARTS) is 1. The molecule has 0 bridgehead atoms. The molecule has 4 nitrogen and oxygen atoms in total. The van der Waals surface area contributed by atoms with Crippen LogP contribution in [0, 0.1) is 0 Å². The molecule has 3 rings (SSSR count). The van der Waals surface area contributed by atoms with Crippen molar-refractivity contribution in [2.45, 2.75) is 44.3 Å². The third-order valence-corrected chi connectivity index (χ3v) is 3.57. The molecular weight excluding hydrogens is 232 g/mol. The van der Waals surface area contributed by atoms with Gasteiger partial charge in [0.05, 0.1) is 0 Å². The number of aliphatic carboxylic acids is 1. The number of fused-ring (bicyclic) bond motifs is 1. The zero-order valence-electron chi connectivity index (χ0n) is 10.1. The first-order chi connectivity index (χ1) is 8.67. The predicted octanol–water partition coefficient (Wildman–Crippen LogP) is 2.75. The average Bonchev–Trinajstić information content (AvgIpc) is 2.67. The van der Waals surface area contributed by atoms with Crippen LogP contribution in [0.15, 0.2) is 18.2 Å². The summed E-state index contributed by atoms with van der Waals surface area (Å²) < 4.78 is 11.7. The highest BCUT2D eigenvalue weighted by Crippen LogP contribution is 2.48. The van der Waals surface area contributed by atoms with Crippen molar-refractivity contribution < 1.29 is 19.4 Å². The van der Waals surface area contributed by atoms with Crippen LogP contribution in [-0.2, 0) is 11.2 Å². The Labute approximate surface area is 106 Å². The zero-order valence-corrected chi connectivity index (χ0v) is 10.1. The zero-order chi connectivity index (χ0) is 12.6. The Hall–Kier alpha value is -1.71. The lowest BCUT2D eigenvalue weighted by atomic mass is 9.91. The van der Waals surface area contributed by atoms with Crippen LogP contribution in [0.1, 0.15) is 37.7 Å². The van der Waals surface area contributed by atoms with E-state index in [1.807, 2.05) is 18.2 Å². The molecule has 1 fully saturated rings. The molecule has 96 valence electrons. The normalized spacial score (nSPS) is 18.7. The highest BCUT2D eigenvalue weighted by molar-refractivity contribution is 5.66. The van der Waals surface area contributed by atoms with Crippen LogP contribution in [0.3, 0.4) is 0 Å². The van der Waals surface area contributed by atoms with Gasteiger partial charge in [0.1, 0.15) is 0 Å². The van der Waals surface area contributed by atoms with Crippen molar-refractivity contribution >= 4 is 5.97 Å². The van der Waals surface area contributed by atoms with Gasteiger partial charge in [-0.05, 0) is 37.0 Å².